The predicted molar refractivity (Wildman–Crippen MR) is 85.6 cm³/mol. The van der Waals surface area contributed by atoms with Gasteiger partial charge < -0.3 is 0 Å². The molecular formula is C15H15N2O4S2+. The predicted octanol–water partition coefficient (Wildman–Crippen LogP) is 2.69. The second kappa shape index (κ2) is 6.10. The fourth-order valence-corrected chi connectivity index (χ4v) is 5.73. The number of hydrogen-bond donors (Lipinski definition) is 0. The standard InChI is InChI=1S/C15H15N2O4S2/c1-11-3-7-13(8-4-11)22(18,19)15(17-16)23(20,21)14-9-5-12(2)6-10-14/h3-10,15H,1-2H3/q+1. The monoisotopic (exact) mass is 351 g/mol. The summed E-state index contributed by atoms with van der Waals surface area (Å²) in [5.74, 6) is 0. The molecule has 2 aromatic carbocycles. The van der Waals surface area contributed by atoms with E-state index in [9.17, 15) is 16.8 Å². The van der Waals surface area contributed by atoms with E-state index < -0.39 is 24.4 Å². The first kappa shape index (κ1) is 17.1. The molecular weight excluding hydrogens is 336 g/mol. The molecule has 0 saturated heterocycles. The van der Waals surface area contributed by atoms with Crippen molar-refractivity contribution in [2.75, 3.05) is 0 Å². The molecule has 0 saturated carbocycles. The highest BCUT2D eigenvalue weighted by Crippen LogP contribution is 2.27. The highest BCUT2D eigenvalue weighted by molar-refractivity contribution is 8.09. The number of nitrogens with zero attached hydrogens (tertiary/aromatic N) is 2. The van der Waals surface area contributed by atoms with Crippen LogP contribution in [0, 0.1) is 19.2 Å². The normalized spacial score (nSPS) is 12.1. The summed E-state index contributed by atoms with van der Waals surface area (Å²) in [4.78, 5) is 2.21. The first-order valence-electron chi connectivity index (χ1n) is 6.65. The molecule has 6 nitrogen and oxygen atoms in total. The van der Waals surface area contributed by atoms with Crippen molar-refractivity contribution in [2.24, 2.45) is 0 Å². The lowest BCUT2D eigenvalue weighted by molar-refractivity contribution is 0.581. The minimum Gasteiger partial charge on any atom is -0.214 e. The highest BCUT2D eigenvalue weighted by Gasteiger charge is 2.51. The second-order valence-electron chi connectivity index (χ2n) is 5.14. The fraction of sp³-hybridized carbons (Fsp3) is 0.200. The van der Waals surface area contributed by atoms with Gasteiger partial charge in [0.25, 0.3) is 19.7 Å². The average molecular weight is 351 g/mol. The molecule has 23 heavy (non-hydrogen) atoms. The van der Waals surface area contributed by atoms with Crippen LogP contribution in [0.15, 0.2) is 58.3 Å². The van der Waals surface area contributed by atoms with Gasteiger partial charge in [-0.2, -0.15) is 0 Å². The van der Waals surface area contributed by atoms with Gasteiger partial charge in [-0.15, -0.1) is 0 Å². The Kier molecular flexibility index (Phi) is 4.54. The molecule has 2 aromatic rings. The molecule has 0 amide bonds. The molecule has 0 fully saturated rings. The quantitative estimate of drug-likeness (QED) is 0.789. The van der Waals surface area contributed by atoms with Crippen molar-refractivity contribution < 1.29 is 16.8 Å². The van der Waals surface area contributed by atoms with Gasteiger partial charge in [0, 0.05) is 0 Å². The zero-order chi connectivity index (χ0) is 17.3. The van der Waals surface area contributed by atoms with Crippen LogP contribution in [0.2, 0.25) is 0 Å². The van der Waals surface area contributed by atoms with E-state index in [1.807, 2.05) is 0 Å². The second-order valence-corrected chi connectivity index (χ2v) is 9.45. The van der Waals surface area contributed by atoms with Crippen molar-refractivity contribution >= 4 is 19.7 Å². The molecule has 2 rings (SSSR count). The van der Waals surface area contributed by atoms with Crippen LogP contribution in [0.3, 0.4) is 0 Å². The van der Waals surface area contributed by atoms with E-state index in [0.29, 0.717) is 0 Å². The van der Waals surface area contributed by atoms with Gasteiger partial charge in [0.2, 0.25) is 5.39 Å². The minimum atomic E-state index is -4.39. The number of benzene rings is 2. The lowest BCUT2D eigenvalue weighted by atomic mass is 10.2. The Hall–Kier alpha value is -2.24. The largest absolute Gasteiger partial charge is 0.514 e. The van der Waals surface area contributed by atoms with Gasteiger partial charge in [-0.05, 0) is 38.1 Å². The summed E-state index contributed by atoms with van der Waals surface area (Å²) in [6.45, 7) is 3.54. The third-order valence-corrected chi connectivity index (χ3v) is 7.95. The van der Waals surface area contributed by atoms with Gasteiger partial charge in [-0.1, -0.05) is 35.4 Å². The Labute approximate surface area is 135 Å². The van der Waals surface area contributed by atoms with Crippen molar-refractivity contribution in [2.45, 2.75) is 28.3 Å². The van der Waals surface area contributed by atoms with E-state index in [1.165, 1.54) is 24.3 Å². The molecule has 0 N–H and O–H groups in total. The van der Waals surface area contributed by atoms with Crippen molar-refractivity contribution in [1.82, 2.24) is 0 Å². The Morgan fingerprint density at radius 1 is 0.739 bits per heavy atom. The van der Waals surface area contributed by atoms with E-state index in [-0.39, 0.29) is 9.79 Å². The average Bonchev–Trinajstić information content (AvgIpc) is 2.48. The molecule has 0 aliphatic heterocycles. The van der Waals surface area contributed by atoms with Crippen molar-refractivity contribution in [3.05, 3.63) is 64.6 Å². The highest BCUT2D eigenvalue weighted by atomic mass is 32.3. The molecule has 0 aromatic heterocycles. The first-order valence-corrected chi connectivity index (χ1v) is 9.74. The van der Waals surface area contributed by atoms with Gasteiger partial charge >= 0.3 is 4.71 Å². The van der Waals surface area contributed by atoms with Crippen LogP contribution in [0.4, 0.5) is 0 Å². The molecule has 0 bridgehead atoms. The summed E-state index contributed by atoms with van der Waals surface area (Å²) in [6.07, 6.45) is 0. The number of hydrogen-bond acceptors (Lipinski definition) is 5. The molecule has 0 aliphatic rings. The molecule has 120 valence electrons. The van der Waals surface area contributed by atoms with Crippen LogP contribution in [-0.2, 0) is 19.7 Å². The van der Waals surface area contributed by atoms with Crippen LogP contribution in [-0.4, -0.2) is 21.5 Å². The Morgan fingerprint density at radius 2 is 1.04 bits per heavy atom. The van der Waals surface area contributed by atoms with Crippen LogP contribution in [0.1, 0.15) is 11.1 Å². The lowest BCUT2D eigenvalue weighted by Gasteiger charge is -2.06. The van der Waals surface area contributed by atoms with Crippen molar-refractivity contribution in [3.63, 3.8) is 0 Å². The Bertz CT molecular complexity index is 880. The van der Waals surface area contributed by atoms with Crippen molar-refractivity contribution in [3.8, 4) is 0 Å². The maximum absolute atomic E-state index is 12.5. The number of sulfone groups is 2. The van der Waals surface area contributed by atoms with Crippen LogP contribution in [0.25, 0.3) is 4.98 Å². The van der Waals surface area contributed by atoms with Crippen LogP contribution < -0.4 is 0 Å². The SMILES string of the molecule is Cc1ccc(S(=O)(=O)C([N+]#N)S(=O)(=O)c2ccc(C)cc2)cc1. The maximum Gasteiger partial charge on any atom is 0.514 e. The summed E-state index contributed by atoms with van der Waals surface area (Å²) in [5, 5.41) is 9.10. The van der Waals surface area contributed by atoms with Gasteiger partial charge in [0.05, 0.1) is 9.79 Å². The smallest absolute Gasteiger partial charge is 0.214 e. The van der Waals surface area contributed by atoms with Gasteiger partial charge in [-0.25, -0.2) is 16.8 Å². The number of diazo groups is 1. The maximum atomic E-state index is 12.5. The summed E-state index contributed by atoms with van der Waals surface area (Å²) in [5.41, 5.74) is 1.64. The van der Waals surface area contributed by atoms with E-state index in [0.717, 1.165) is 11.1 Å². The summed E-state index contributed by atoms with van der Waals surface area (Å²) < 4.78 is 47.8. The van der Waals surface area contributed by atoms with Crippen LogP contribution >= 0.6 is 0 Å². The van der Waals surface area contributed by atoms with E-state index in [1.54, 1.807) is 38.1 Å². The Balaban J connectivity index is 2.56. The van der Waals surface area contributed by atoms with E-state index in [4.69, 9.17) is 5.39 Å². The third-order valence-electron chi connectivity index (χ3n) is 3.32. The lowest BCUT2D eigenvalue weighted by Crippen LogP contribution is -2.27. The molecule has 0 radical (unpaired) electrons. The molecule has 0 spiro atoms. The Morgan fingerprint density at radius 3 is 1.30 bits per heavy atom. The van der Waals surface area contributed by atoms with Crippen molar-refractivity contribution in [1.29, 1.82) is 5.39 Å². The van der Waals surface area contributed by atoms with E-state index >= 15 is 0 Å². The van der Waals surface area contributed by atoms with Gasteiger partial charge in [0.15, 0.2) is 4.98 Å². The zero-order valence-corrected chi connectivity index (χ0v) is 14.2. The molecule has 0 atom stereocenters. The number of aryl methyl sites for hydroxylation is 2. The van der Waals surface area contributed by atoms with Gasteiger partial charge in [-0.3, -0.25) is 0 Å². The summed E-state index contributed by atoms with van der Waals surface area (Å²) in [7, 11) is -8.78. The minimum absolute atomic E-state index is 0.221. The zero-order valence-electron chi connectivity index (χ0n) is 12.5. The number of rotatable bonds is 4. The molecule has 0 unspecified atom stereocenters. The molecule has 8 heteroatoms. The molecule has 0 aliphatic carbocycles. The first-order chi connectivity index (χ1) is 10.7. The topological polar surface area (TPSA) is 96.4 Å². The summed E-state index contributed by atoms with van der Waals surface area (Å²) in [6, 6.07) is 11.3. The van der Waals surface area contributed by atoms with Crippen LogP contribution in [0.5, 0.6) is 0 Å². The summed E-state index contributed by atoms with van der Waals surface area (Å²) >= 11 is 0. The third kappa shape index (κ3) is 3.25. The van der Waals surface area contributed by atoms with E-state index in [2.05, 4.69) is 4.98 Å². The fourth-order valence-electron chi connectivity index (χ4n) is 1.98. The molecule has 0 heterocycles. The van der Waals surface area contributed by atoms with Gasteiger partial charge in [0.1, 0.15) is 0 Å².